The molecule has 0 heteroatoms. The van der Waals surface area contributed by atoms with Gasteiger partial charge in [0.25, 0.3) is 0 Å². The Kier molecular flexibility index (Phi) is 3.33. The smallest absolute Gasteiger partial charge is 0.0197 e. The van der Waals surface area contributed by atoms with Crippen molar-refractivity contribution in [1.29, 1.82) is 0 Å². The Bertz CT molecular complexity index is 251. The van der Waals surface area contributed by atoms with Crippen LogP contribution in [0.15, 0.2) is 24.8 Å². The number of allylic oxidation sites excluding steroid dienone is 3. The van der Waals surface area contributed by atoms with Crippen molar-refractivity contribution in [1.82, 2.24) is 0 Å². The van der Waals surface area contributed by atoms with Crippen LogP contribution in [0.1, 0.15) is 39.5 Å². The van der Waals surface area contributed by atoms with Gasteiger partial charge in [0.2, 0.25) is 0 Å². The van der Waals surface area contributed by atoms with E-state index < -0.39 is 0 Å². The molecule has 15 heavy (non-hydrogen) atoms. The van der Waals surface area contributed by atoms with Crippen LogP contribution in [0.3, 0.4) is 0 Å². The third kappa shape index (κ3) is 2.19. The van der Waals surface area contributed by atoms with Crippen molar-refractivity contribution in [3.05, 3.63) is 24.8 Å². The Morgan fingerprint density at radius 3 is 2.67 bits per heavy atom. The Labute approximate surface area is 94.5 Å². The molecule has 0 radical (unpaired) electrons. The first-order chi connectivity index (χ1) is 7.22. The third-order valence-corrected chi connectivity index (χ3v) is 4.73. The third-order valence-electron chi connectivity index (χ3n) is 4.73. The largest absolute Gasteiger partial charge is 0.103 e. The molecule has 2 aliphatic rings. The zero-order valence-electron chi connectivity index (χ0n) is 10.2. The lowest BCUT2D eigenvalue weighted by atomic mass is 9.75. The van der Waals surface area contributed by atoms with E-state index in [0.29, 0.717) is 0 Å². The van der Waals surface area contributed by atoms with E-state index >= 15 is 0 Å². The summed E-state index contributed by atoms with van der Waals surface area (Å²) in [5.74, 6) is 4.57. The van der Waals surface area contributed by atoms with Crippen LogP contribution in [-0.4, -0.2) is 0 Å². The molecule has 0 spiro atoms. The summed E-state index contributed by atoms with van der Waals surface area (Å²) in [5.41, 5.74) is 0. The average molecular weight is 204 g/mol. The van der Waals surface area contributed by atoms with E-state index in [-0.39, 0.29) is 0 Å². The molecule has 0 aromatic rings. The maximum atomic E-state index is 3.82. The monoisotopic (exact) mass is 204 g/mol. The van der Waals surface area contributed by atoms with E-state index in [9.17, 15) is 0 Å². The highest BCUT2D eigenvalue weighted by molar-refractivity contribution is 5.11. The summed E-state index contributed by atoms with van der Waals surface area (Å²) < 4.78 is 0. The number of hydrogen-bond donors (Lipinski definition) is 0. The lowest BCUT2D eigenvalue weighted by molar-refractivity contribution is 0.221. The van der Waals surface area contributed by atoms with Crippen LogP contribution in [0.5, 0.6) is 0 Å². The van der Waals surface area contributed by atoms with Gasteiger partial charge >= 0.3 is 0 Å². The molecule has 0 aliphatic heterocycles. The summed E-state index contributed by atoms with van der Waals surface area (Å²) in [6, 6.07) is 0. The van der Waals surface area contributed by atoms with Gasteiger partial charge < -0.3 is 0 Å². The van der Waals surface area contributed by atoms with E-state index in [1.54, 1.807) is 0 Å². The summed E-state index contributed by atoms with van der Waals surface area (Å²) in [6.07, 6.45) is 12.4. The van der Waals surface area contributed by atoms with Gasteiger partial charge in [0, 0.05) is 0 Å². The predicted molar refractivity (Wildman–Crippen MR) is 66.6 cm³/mol. The van der Waals surface area contributed by atoms with E-state index in [4.69, 9.17) is 0 Å². The van der Waals surface area contributed by atoms with E-state index in [1.807, 2.05) is 0 Å². The van der Waals surface area contributed by atoms with Gasteiger partial charge in [-0.1, -0.05) is 32.1 Å². The van der Waals surface area contributed by atoms with Crippen LogP contribution in [0.2, 0.25) is 0 Å². The quantitative estimate of drug-likeness (QED) is 0.581. The molecule has 2 aliphatic carbocycles. The Morgan fingerprint density at radius 1 is 1.33 bits per heavy atom. The molecule has 0 heterocycles. The maximum absolute atomic E-state index is 3.82. The van der Waals surface area contributed by atoms with Crippen molar-refractivity contribution in [2.75, 3.05) is 0 Å². The second-order valence-corrected chi connectivity index (χ2v) is 5.65. The summed E-state index contributed by atoms with van der Waals surface area (Å²) in [4.78, 5) is 0. The summed E-state index contributed by atoms with van der Waals surface area (Å²) >= 11 is 0. The number of hydrogen-bond acceptors (Lipinski definition) is 0. The highest BCUT2D eigenvalue weighted by Crippen LogP contribution is 2.48. The highest BCUT2D eigenvalue weighted by atomic mass is 14.4. The molecular formula is C15H24. The van der Waals surface area contributed by atoms with Crippen LogP contribution in [0.25, 0.3) is 0 Å². The number of rotatable bonds is 5. The SMILES string of the molecule is C=CCCC(C)C(C)C1CC2C=CC1C2. The second-order valence-electron chi connectivity index (χ2n) is 5.65. The summed E-state index contributed by atoms with van der Waals surface area (Å²) in [6.45, 7) is 8.70. The number of fused-ring (bicyclic) bond motifs is 2. The first-order valence-corrected chi connectivity index (χ1v) is 6.51. The molecule has 2 rings (SSSR count). The van der Waals surface area contributed by atoms with Crippen molar-refractivity contribution in [3.8, 4) is 0 Å². The fraction of sp³-hybridized carbons (Fsp3) is 0.733. The van der Waals surface area contributed by atoms with Crippen molar-refractivity contribution in [2.45, 2.75) is 39.5 Å². The fourth-order valence-corrected chi connectivity index (χ4v) is 3.49. The van der Waals surface area contributed by atoms with Crippen LogP contribution >= 0.6 is 0 Å². The molecule has 0 aromatic heterocycles. The first kappa shape index (κ1) is 11.0. The average Bonchev–Trinajstić information content (AvgIpc) is 2.86. The highest BCUT2D eigenvalue weighted by Gasteiger charge is 2.39. The minimum atomic E-state index is 0.862. The topological polar surface area (TPSA) is 0 Å². The van der Waals surface area contributed by atoms with E-state index in [1.165, 1.54) is 25.7 Å². The van der Waals surface area contributed by atoms with Crippen molar-refractivity contribution in [2.24, 2.45) is 29.6 Å². The van der Waals surface area contributed by atoms with Crippen molar-refractivity contribution < 1.29 is 0 Å². The standard InChI is InChI=1S/C15H24/c1-4-5-6-11(2)12(3)15-10-13-7-8-14(15)9-13/h4,7-8,11-15H,1,5-6,9-10H2,2-3H3. The molecule has 2 bridgehead atoms. The molecular weight excluding hydrogens is 180 g/mol. The van der Waals surface area contributed by atoms with E-state index in [2.05, 4.69) is 38.7 Å². The van der Waals surface area contributed by atoms with Gasteiger partial charge in [0.15, 0.2) is 0 Å². The Hall–Kier alpha value is -0.520. The van der Waals surface area contributed by atoms with E-state index in [0.717, 1.165) is 29.6 Å². The zero-order chi connectivity index (χ0) is 10.8. The van der Waals surface area contributed by atoms with Gasteiger partial charge in [0.1, 0.15) is 0 Å². The molecule has 5 unspecified atom stereocenters. The molecule has 1 saturated carbocycles. The van der Waals surface area contributed by atoms with Crippen LogP contribution in [-0.2, 0) is 0 Å². The summed E-state index contributed by atoms with van der Waals surface area (Å²) in [7, 11) is 0. The molecule has 1 fully saturated rings. The minimum absolute atomic E-state index is 0.862. The normalized spacial score (nSPS) is 36.8. The lowest BCUT2D eigenvalue weighted by Crippen LogP contribution is -2.22. The molecule has 84 valence electrons. The molecule has 0 N–H and O–H groups in total. The van der Waals surface area contributed by atoms with Crippen LogP contribution in [0.4, 0.5) is 0 Å². The van der Waals surface area contributed by atoms with Gasteiger partial charge in [-0.3, -0.25) is 0 Å². The fourth-order valence-electron chi connectivity index (χ4n) is 3.49. The van der Waals surface area contributed by atoms with Gasteiger partial charge in [-0.05, 0) is 55.3 Å². The van der Waals surface area contributed by atoms with Gasteiger partial charge in [-0.25, -0.2) is 0 Å². The molecule has 0 nitrogen and oxygen atoms in total. The summed E-state index contributed by atoms with van der Waals surface area (Å²) in [5, 5.41) is 0. The second kappa shape index (κ2) is 4.55. The molecule has 5 atom stereocenters. The van der Waals surface area contributed by atoms with Crippen molar-refractivity contribution in [3.63, 3.8) is 0 Å². The minimum Gasteiger partial charge on any atom is -0.103 e. The van der Waals surface area contributed by atoms with Gasteiger partial charge in [-0.15, -0.1) is 6.58 Å². The van der Waals surface area contributed by atoms with Gasteiger partial charge in [0.05, 0.1) is 0 Å². The van der Waals surface area contributed by atoms with Crippen LogP contribution < -0.4 is 0 Å². The lowest BCUT2D eigenvalue weighted by Gasteiger charge is -2.30. The predicted octanol–water partition coefficient (Wildman–Crippen LogP) is 4.44. The maximum Gasteiger partial charge on any atom is -0.0197 e. The van der Waals surface area contributed by atoms with Crippen LogP contribution in [0, 0.1) is 29.6 Å². The molecule has 0 saturated heterocycles. The molecule has 0 amide bonds. The Morgan fingerprint density at radius 2 is 2.13 bits per heavy atom. The van der Waals surface area contributed by atoms with Crippen molar-refractivity contribution >= 4 is 0 Å². The zero-order valence-corrected chi connectivity index (χ0v) is 10.2. The first-order valence-electron chi connectivity index (χ1n) is 6.51. The van der Waals surface area contributed by atoms with Gasteiger partial charge in [-0.2, -0.15) is 0 Å². The molecule has 0 aromatic carbocycles. The Balaban J connectivity index is 1.88.